The second kappa shape index (κ2) is 6.37. The lowest BCUT2D eigenvalue weighted by Gasteiger charge is -2.27. The van der Waals surface area contributed by atoms with Crippen LogP contribution in [0.15, 0.2) is 6.33 Å². The molecule has 6 nitrogen and oxygen atoms in total. The van der Waals surface area contributed by atoms with Crippen molar-refractivity contribution < 1.29 is 0 Å². The molecule has 0 aromatic carbocycles. The molecule has 0 bridgehead atoms. The highest BCUT2D eigenvalue weighted by atomic mass is 35.5. The third-order valence-corrected chi connectivity index (χ3v) is 3.11. The van der Waals surface area contributed by atoms with Gasteiger partial charge in [0.25, 0.3) is 0 Å². The van der Waals surface area contributed by atoms with Gasteiger partial charge in [0.05, 0.1) is 6.33 Å². The molecule has 0 atom stereocenters. The van der Waals surface area contributed by atoms with E-state index in [1.807, 2.05) is 0 Å². The zero-order valence-corrected chi connectivity index (χ0v) is 13.1. The minimum Gasteiger partial charge on any atom is -0.353 e. The van der Waals surface area contributed by atoms with Gasteiger partial charge in [-0.3, -0.25) is 0 Å². The van der Waals surface area contributed by atoms with E-state index < -0.39 is 0 Å². The lowest BCUT2D eigenvalue weighted by Crippen LogP contribution is -2.35. The van der Waals surface area contributed by atoms with E-state index in [9.17, 15) is 0 Å². The van der Waals surface area contributed by atoms with Crippen molar-refractivity contribution in [3.8, 4) is 0 Å². The highest BCUT2D eigenvalue weighted by molar-refractivity contribution is 6.28. The Morgan fingerprint density at radius 1 is 1.25 bits per heavy atom. The fourth-order valence-corrected chi connectivity index (χ4v) is 2.23. The Hall–Kier alpha value is -1.40. The van der Waals surface area contributed by atoms with E-state index in [1.165, 1.54) is 0 Å². The van der Waals surface area contributed by atoms with Crippen molar-refractivity contribution in [2.45, 2.75) is 13.8 Å². The summed E-state index contributed by atoms with van der Waals surface area (Å²) in [5.74, 6) is 1.36. The molecule has 2 rings (SSSR count). The molecule has 0 saturated heterocycles. The lowest BCUT2D eigenvalue weighted by atomic mass is 10.2. The van der Waals surface area contributed by atoms with E-state index in [4.69, 9.17) is 11.6 Å². The smallest absolute Gasteiger partial charge is 0.226 e. The van der Waals surface area contributed by atoms with Gasteiger partial charge in [-0.15, -0.1) is 0 Å². The molecule has 0 radical (unpaired) electrons. The van der Waals surface area contributed by atoms with E-state index in [2.05, 4.69) is 57.7 Å². The lowest BCUT2D eigenvalue weighted by molar-refractivity contribution is 0.408. The van der Waals surface area contributed by atoms with Gasteiger partial charge in [0.2, 0.25) is 5.28 Å². The maximum absolute atomic E-state index is 6.01. The highest BCUT2D eigenvalue weighted by Gasteiger charge is 2.17. The minimum atomic E-state index is 0.234. The third kappa shape index (κ3) is 3.58. The number of likely N-dealkylation sites (N-methyl/N-ethyl adjacent to an activating group) is 1. The van der Waals surface area contributed by atoms with E-state index in [0.717, 1.165) is 31.0 Å². The Balaban J connectivity index is 2.36. The summed E-state index contributed by atoms with van der Waals surface area (Å²) in [7, 11) is 4.12. The summed E-state index contributed by atoms with van der Waals surface area (Å²) in [6.45, 7) is 7.12. The van der Waals surface area contributed by atoms with Crippen molar-refractivity contribution in [2.75, 3.05) is 38.6 Å². The van der Waals surface area contributed by atoms with Gasteiger partial charge in [-0.1, -0.05) is 13.8 Å². The molecule has 0 amide bonds. The van der Waals surface area contributed by atoms with Crippen molar-refractivity contribution in [2.24, 2.45) is 5.92 Å². The summed E-state index contributed by atoms with van der Waals surface area (Å²) in [4.78, 5) is 20.2. The Kier molecular flexibility index (Phi) is 4.77. The number of hydrogen-bond donors (Lipinski definition) is 1. The first kappa shape index (κ1) is 15.0. The predicted molar refractivity (Wildman–Crippen MR) is 82.3 cm³/mol. The number of halogens is 1. The van der Waals surface area contributed by atoms with Gasteiger partial charge in [0.1, 0.15) is 5.52 Å². The molecule has 0 aliphatic rings. The largest absolute Gasteiger partial charge is 0.353 e. The van der Waals surface area contributed by atoms with Gasteiger partial charge in [0.15, 0.2) is 11.5 Å². The van der Waals surface area contributed by atoms with Crippen molar-refractivity contribution in [1.82, 2.24) is 24.8 Å². The highest BCUT2D eigenvalue weighted by Crippen LogP contribution is 2.23. The van der Waals surface area contributed by atoms with Gasteiger partial charge in [-0.2, -0.15) is 9.97 Å². The van der Waals surface area contributed by atoms with Crippen molar-refractivity contribution in [3.05, 3.63) is 11.6 Å². The molecular weight excluding hydrogens is 276 g/mol. The maximum atomic E-state index is 6.01. The first-order valence-corrected chi connectivity index (χ1v) is 7.11. The fraction of sp³-hybridized carbons (Fsp3) is 0.615. The fourth-order valence-electron chi connectivity index (χ4n) is 2.07. The van der Waals surface area contributed by atoms with Gasteiger partial charge in [-0.05, 0) is 31.6 Å². The summed E-state index contributed by atoms with van der Waals surface area (Å²) in [6.07, 6.45) is 1.62. The van der Waals surface area contributed by atoms with Crippen LogP contribution < -0.4 is 4.90 Å². The molecule has 0 fully saturated rings. The summed E-state index contributed by atoms with van der Waals surface area (Å²) < 4.78 is 0. The normalized spacial score (nSPS) is 11.8. The second-order valence-corrected chi connectivity index (χ2v) is 5.90. The van der Waals surface area contributed by atoms with E-state index >= 15 is 0 Å². The number of aromatic nitrogens is 4. The zero-order chi connectivity index (χ0) is 14.7. The van der Waals surface area contributed by atoms with Crippen LogP contribution in [0.3, 0.4) is 0 Å². The van der Waals surface area contributed by atoms with E-state index in [0.29, 0.717) is 11.6 Å². The van der Waals surface area contributed by atoms with Crippen LogP contribution in [-0.2, 0) is 0 Å². The number of fused-ring (bicyclic) bond motifs is 1. The number of H-pyrrole nitrogens is 1. The van der Waals surface area contributed by atoms with Gasteiger partial charge in [-0.25, -0.2) is 4.98 Å². The third-order valence-electron chi connectivity index (χ3n) is 2.94. The number of imidazole rings is 1. The summed E-state index contributed by atoms with van der Waals surface area (Å²) >= 11 is 6.01. The molecule has 0 aliphatic carbocycles. The van der Waals surface area contributed by atoms with Crippen LogP contribution in [0.4, 0.5) is 5.82 Å². The Labute approximate surface area is 124 Å². The van der Waals surface area contributed by atoms with Gasteiger partial charge in [0, 0.05) is 19.6 Å². The molecular formula is C13H21ClN6. The Bertz CT molecular complexity index is 565. The first-order valence-electron chi connectivity index (χ1n) is 6.73. The van der Waals surface area contributed by atoms with Crippen LogP contribution in [0, 0.1) is 5.92 Å². The molecule has 2 aromatic heterocycles. The van der Waals surface area contributed by atoms with Crippen molar-refractivity contribution >= 4 is 28.6 Å². The molecule has 1 N–H and O–H groups in total. The first-order chi connectivity index (χ1) is 9.47. The second-order valence-electron chi connectivity index (χ2n) is 5.56. The number of anilines is 1. The van der Waals surface area contributed by atoms with Crippen molar-refractivity contribution in [3.63, 3.8) is 0 Å². The van der Waals surface area contributed by atoms with Crippen LogP contribution in [-0.4, -0.2) is 58.6 Å². The van der Waals surface area contributed by atoms with Gasteiger partial charge < -0.3 is 14.8 Å². The summed E-state index contributed by atoms with van der Waals surface area (Å²) in [6, 6.07) is 0. The summed E-state index contributed by atoms with van der Waals surface area (Å²) in [5.41, 5.74) is 1.45. The average molecular weight is 297 g/mol. The molecule has 110 valence electrons. The number of nitrogens with zero attached hydrogens (tertiary/aromatic N) is 5. The molecule has 7 heteroatoms. The molecule has 20 heavy (non-hydrogen) atoms. The monoisotopic (exact) mass is 296 g/mol. The molecule has 0 saturated carbocycles. The predicted octanol–water partition coefficient (Wildman–Crippen LogP) is 2.03. The molecule has 0 aliphatic heterocycles. The maximum Gasteiger partial charge on any atom is 0.226 e. The minimum absolute atomic E-state index is 0.234. The van der Waals surface area contributed by atoms with Gasteiger partial charge >= 0.3 is 0 Å². The number of nitrogens with one attached hydrogen (secondary N) is 1. The quantitative estimate of drug-likeness (QED) is 0.827. The number of aromatic amines is 1. The van der Waals surface area contributed by atoms with E-state index in [1.54, 1.807) is 6.33 Å². The van der Waals surface area contributed by atoms with Crippen molar-refractivity contribution in [1.29, 1.82) is 0 Å². The zero-order valence-electron chi connectivity index (χ0n) is 12.4. The number of hydrogen-bond acceptors (Lipinski definition) is 5. The Morgan fingerprint density at radius 2 is 2.00 bits per heavy atom. The average Bonchev–Trinajstić information content (AvgIpc) is 2.80. The molecule has 2 heterocycles. The summed E-state index contributed by atoms with van der Waals surface area (Å²) in [5, 5.41) is 0.234. The Morgan fingerprint density at radius 3 is 2.65 bits per heavy atom. The van der Waals surface area contributed by atoms with Crippen LogP contribution in [0.25, 0.3) is 11.2 Å². The van der Waals surface area contributed by atoms with E-state index in [-0.39, 0.29) is 5.28 Å². The molecule has 2 aromatic rings. The van der Waals surface area contributed by atoms with Crippen LogP contribution >= 0.6 is 11.6 Å². The topological polar surface area (TPSA) is 60.9 Å². The number of rotatable bonds is 6. The van der Waals surface area contributed by atoms with Crippen LogP contribution in [0.1, 0.15) is 13.8 Å². The molecule has 0 unspecified atom stereocenters. The molecule has 0 spiro atoms. The van der Waals surface area contributed by atoms with Crippen LogP contribution in [0.5, 0.6) is 0 Å². The standard InChI is InChI=1S/C13H21ClN6/c1-9(2)7-20(6-5-19(3)4)12-10-11(16-8-15-10)17-13(14)18-12/h8-9H,5-7H2,1-4H3,(H,15,16,17,18). The SMILES string of the molecule is CC(C)CN(CCN(C)C)c1nc(Cl)nc2nc[nH]c12. The van der Waals surface area contributed by atoms with Crippen LogP contribution in [0.2, 0.25) is 5.28 Å².